The van der Waals surface area contributed by atoms with Gasteiger partial charge in [-0.3, -0.25) is 4.79 Å². The number of rotatable bonds is 6. The fraction of sp³-hybridized carbons (Fsp3) is 0.286. The largest absolute Gasteiger partial charge is 0.493 e. The minimum absolute atomic E-state index is 0.217. The van der Waals surface area contributed by atoms with Gasteiger partial charge in [0.05, 0.1) is 14.2 Å². The Morgan fingerprint density at radius 1 is 1.13 bits per heavy atom. The van der Waals surface area contributed by atoms with Gasteiger partial charge in [-0.25, -0.2) is 9.78 Å². The Bertz CT molecular complexity index is 1060. The van der Waals surface area contributed by atoms with E-state index < -0.39 is 5.97 Å². The van der Waals surface area contributed by atoms with E-state index in [1.54, 1.807) is 35.8 Å². The highest BCUT2D eigenvalue weighted by Crippen LogP contribution is 2.33. The summed E-state index contributed by atoms with van der Waals surface area (Å²) >= 11 is 2.94. The number of thiazole rings is 1. The Hall–Kier alpha value is -2.91. The Labute approximate surface area is 181 Å². The number of esters is 1. The monoisotopic (exact) mass is 444 g/mol. The van der Waals surface area contributed by atoms with Gasteiger partial charge < -0.3 is 19.1 Å². The number of amides is 1. The van der Waals surface area contributed by atoms with Crippen LogP contribution in [0.4, 0.5) is 0 Å². The molecule has 0 spiro atoms. The van der Waals surface area contributed by atoms with Crippen molar-refractivity contribution < 1.29 is 23.8 Å². The molecule has 0 saturated heterocycles. The molecule has 0 fully saturated rings. The predicted molar refractivity (Wildman–Crippen MR) is 114 cm³/mol. The molecule has 0 radical (unpaired) electrons. The van der Waals surface area contributed by atoms with Gasteiger partial charge >= 0.3 is 5.97 Å². The quantitative estimate of drug-likeness (QED) is 0.541. The molecule has 0 bridgehead atoms. The zero-order valence-electron chi connectivity index (χ0n) is 16.5. The Morgan fingerprint density at radius 3 is 2.60 bits per heavy atom. The van der Waals surface area contributed by atoms with E-state index in [9.17, 15) is 9.59 Å². The standard InChI is InChI=1S/C21H20N2O5S2/c1-26-17-7-13-3-5-23(9-15(13)8-18(17)27-2)19(24)10-28-21(25)16-12-30-20(22-16)14-4-6-29-11-14/h4,6-8,11-12H,3,5,9-10H2,1-2H3. The van der Waals surface area contributed by atoms with Gasteiger partial charge in [-0.05, 0) is 41.1 Å². The minimum atomic E-state index is -0.593. The van der Waals surface area contributed by atoms with Crippen LogP contribution in [0.15, 0.2) is 34.3 Å². The second kappa shape index (κ2) is 8.85. The molecule has 2 aromatic heterocycles. The molecule has 7 nitrogen and oxygen atoms in total. The Morgan fingerprint density at radius 2 is 1.90 bits per heavy atom. The first-order chi connectivity index (χ1) is 14.6. The molecule has 1 amide bonds. The van der Waals surface area contributed by atoms with Crippen molar-refractivity contribution >= 4 is 34.6 Å². The van der Waals surface area contributed by atoms with Crippen LogP contribution < -0.4 is 9.47 Å². The summed E-state index contributed by atoms with van der Waals surface area (Å²) in [5.74, 6) is 0.471. The van der Waals surface area contributed by atoms with Crippen LogP contribution in [0, 0.1) is 0 Å². The fourth-order valence-electron chi connectivity index (χ4n) is 3.27. The molecular weight excluding hydrogens is 424 g/mol. The van der Waals surface area contributed by atoms with Crippen LogP contribution in [0.3, 0.4) is 0 Å². The smallest absolute Gasteiger partial charge is 0.358 e. The summed E-state index contributed by atoms with van der Waals surface area (Å²) in [5.41, 5.74) is 3.31. The van der Waals surface area contributed by atoms with Crippen LogP contribution in [0.2, 0.25) is 0 Å². The van der Waals surface area contributed by atoms with Crippen molar-refractivity contribution in [2.75, 3.05) is 27.4 Å². The molecule has 1 aromatic carbocycles. The molecule has 3 aromatic rings. The molecule has 3 heterocycles. The number of methoxy groups -OCH3 is 2. The van der Waals surface area contributed by atoms with Crippen LogP contribution in [0.1, 0.15) is 21.6 Å². The van der Waals surface area contributed by atoms with Gasteiger partial charge in [-0.1, -0.05) is 0 Å². The second-order valence-corrected chi connectivity index (χ2v) is 8.31. The summed E-state index contributed by atoms with van der Waals surface area (Å²) in [6, 6.07) is 5.78. The van der Waals surface area contributed by atoms with Gasteiger partial charge in [0.2, 0.25) is 0 Å². The molecule has 30 heavy (non-hydrogen) atoms. The van der Waals surface area contributed by atoms with Gasteiger partial charge in [-0.15, -0.1) is 11.3 Å². The molecule has 4 rings (SSSR count). The van der Waals surface area contributed by atoms with E-state index in [-0.39, 0.29) is 18.2 Å². The van der Waals surface area contributed by atoms with E-state index in [0.717, 1.165) is 21.7 Å². The zero-order chi connectivity index (χ0) is 21.1. The number of aromatic nitrogens is 1. The lowest BCUT2D eigenvalue weighted by Gasteiger charge is -2.29. The van der Waals surface area contributed by atoms with E-state index in [4.69, 9.17) is 14.2 Å². The average molecular weight is 445 g/mol. The molecular formula is C21H20N2O5S2. The van der Waals surface area contributed by atoms with Crippen molar-refractivity contribution in [2.24, 2.45) is 0 Å². The third-order valence-electron chi connectivity index (χ3n) is 4.88. The molecule has 0 unspecified atom stereocenters. The third kappa shape index (κ3) is 4.17. The lowest BCUT2D eigenvalue weighted by molar-refractivity contribution is -0.135. The summed E-state index contributed by atoms with van der Waals surface area (Å²) in [5, 5.41) is 6.33. The van der Waals surface area contributed by atoms with Crippen molar-refractivity contribution in [3.05, 3.63) is 51.2 Å². The number of carbonyl (C=O) groups excluding carboxylic acids is 2. The van der Waals surface area contributed by atoms with Gasteiger partial charge in [-0.2, -0.15) is 11.3 Å². The van der Waals surface area contributed by atoms with Crippen LogP contribution in [-0.4, -0.2) is 49.1 Å². The lowest BCUT2D eigenvalue weighted by Crippen LogP contribution is -2.38. The zero-order valence-corrected chi connectivity index (χ0v) is 18.2. The van der Waals surface area contributed by atoms with Crippen molar-refractivity contribution in [1.29, 1.82) is 0 Å². The molecule has 9 heteroatoms. The highest BCUT2D eigenvalue weighted by atomic mass is 32.1. The SMILES string of the molecule is COc1cc2c(cc1OC)CN(C(=O)COC(=O)c1csc(-c3ccsc3)n1)CC2. The molecule has 0 N–H and O–H groups in total. The van der Waals surface area contributed by atoms with Gasteiger partial charge in [0.15, 0.2) is 23.8 Å². The number of carbonyl (C=O) groups is 2. The van der Waals surface area contributed by atoms with E-state index in [1.807, 2.05) is 29.0 Å². The van der Waals surface area contributed by atoms with Crippen LogP contribution in [0.5, 0.6) is 11.5 Å². The highest BCUT2D eigenvalue weighted by molar-refractivity contribution is 7.14. The summed E-state index contributed by atoms with van der Waals surface area (Å²) in [7, 11) is 3.18. The Balaban J connectivity index is 1.36. The minimum Gasteiger partial charge on any atom is -0.493 e. The van der Waals surface area contributed by atoms with Gasteiger partial charge in [0, 0.05) is 29.4 Å². The first kappa shape index (κ1) is 20.4. The highest BCUT2D eigenvalue weighted by Gasteiger charge is 2.24. The van der Waals surface area contributed by atoms with E-state index in [2.05, 4.69) is 4.98 Å². The number of benzene rings is 1. The normalized spacial score (nSPS) is 12.9. The van der Waals surface area contributed by atoms with Crippen molar-refractivity contribution in [3.63, 3.8) is 0 Å². The van der Waals surface area contributed by atoms with Gasteiger partial charge in [0.1, 0.15) is 5.01 Å². The second-order valence-electron chi connectivity index (χ2n) is 6.67. The summed E-state index contributed by atoms with van der Waals surface area (Å²) in [6.07, 6.45) is 0.700. The van der Waals surface area contributed by atoms with E-state index in [1.165, 1.54) is 11.3 Å². The number of hydrogen-bond acceptors (Lipinski definition) is 8. The first-order valence-electron chi connectivity index (χ1n) is 9.26. The summed E-state index contributed by atoms with van der Waals surface area (Å²) < 4.78 is 15.9. The molecule has 0 aliphatic carbocycles. The summed E-state index contributed by atoms with van der Waals surface area (Å²) in [4.78, 5) is 30.9. The molecule has 0 saturated carbocycles. The maximum absolute atomic E-state index is 12.6. The third-order valence-corrected chi connectivity index (χ3v) is 6.45. The van der Waals surface area contributed by atoms with Crippen LogP contribution in [0.25, 0.3) is 10.6 Å². The Kier molecular flexibility index (Phi) is 6.01. The average Bonchev–Trinajstić information content (AvgIpc) is 3.47. The predicted octanol–water partition coefficient (Wildman–Crippen LogP) is 3.63. The molecule has 156 valence electrons. The van der Waals surface area contributed by atoms with Crippen molar-refractivity contribution in [1.82, 2.24) is 9.88 Å². The van der Waals surface area contributed by atoms with Crippen LogP contribution in [-0.2, 0) is 22.5 Å². The van der Waals surface area contributed by atoms with Gasteiger partial charge in [0.25, 0.3) is 5.91 Å². The van der Waals surface area contributed by atoms with Crippen molar-refractivity contribution in [3.8, 4) is 22.1 Å². The first-order valence-corrected chi connectivity index (χ1v) is 11.1. The lowest BCUT2D eigenvalue weighted by atomic mass is 9.99. The van der Waals surface area contributed by atoms with Crippen LogP contribution >= 0.6 is 22.7 Å². The van der Waals surface area contributed by atoms with E-state index in [0.29, 0.717) is 31.0 Å². The van der Waals surface area contributed by atoms with Crippen molar-refractivity contribution in [2.45, 2.75) is 13.0 Å². The fourth-order valence-corrected chi connectivity index (χ4v) is 4.78. The number of nitrogens with zero attached hydrogens (tertiary/aromatic N) is 2. The number of hydrogen-bond donors (Lipinski definition) is 0. The maximum Gasteiger partial charge on any atom is 0.358 e. The number of fused-ring (bicyclic) bond motifs is 1. The maximum atomic E-state index is 12.6. The summed E-state index contributed by atoms with van der Waals surface area (Å²) in [6.45, 7) is 0.676. The molecule has 1 aliphatic rings. The number of ether oxygens (including phenoxy) is 3. The molecule has 0 atom stereocenters. The molecule has 1 aliphatic heterocycles. The topological polar surface area (TPSA) is 78.0 Å². The number of thiophene rings is 1. The van der Waals surface area contributed by atoms with E-state index >= 15 is 0 Å².